The number of carbonyl (C=O) groups excluding carboxylic acids is 1. The molecule has 0 saturated carbocycles. The Morgan fingerprint density at radius 2 is 1.81 bits per heavy atom. The molecule has 2 N–H and O–H groups in total. The van der Waals surface area contributed by atoms with Crippen molar-refractivity contribution in [3.05, 3.63) is 83.3 Å². The van der Waals surface area contributed by atoms with Crippen LogP contribution in [0.2, 0.25) is 0 Å². The molecule has 0 saturated heterocycles. The SMILES string of the molecule is CC(C)n1ncc2c(C(=O)N(C)Cc3ccc(F)cc3)cc(-c3cccc(CN(C)CCN)c3)nc21. The van der Waals surface area contributed by atoms with Crippen LogP contribution >= 0.6 is 0 Å². The fourth-order valence-electron chi connectivity index (χ4n) is 4.30. The van der Waals surface area contributed by atoms with Crippen LogP contribution in [0.5, 0.6) is 0 Å². The van der Waals surface area contributed by atoms with Gasteiger partial charge in [-0.25, -0.2) is 14.1 Å². The quantitative estimate of drug-likeness (QED) is 0.376. The second kappa shape index (κ2) is 11.0. The summed E-state index contributed by atoms with van der Waals surface area (Å²) in [6.45, 7) is 6.61. The molecule has 2 aromatic heterocycles. The monoisotopic (exact) mass is 488 g/mol. The van der Waals surface area contributed by atoms with Gasteiger partial charge in [0.05, 0.1) is 22.8 Å². The van der Waals surface area contributed by atoms with Crippen molar-refractivity contribution in [3.63, 3.8) is 0 Å². The molecular formula is C28H33FN6O. The second-order valence-corrected chi connectivity index (χ2v) is 9.49. The molecule has 0 fully saturated rings. The number of amides is 1. The van der Waals surface area contributed by atoms with Crippen molar-refractivity contribution in [2.75, 3.05) is 27.2 Å². The summed E-state index contributed by atoms with van der Waals surface area (Å²) in [5.41, 5.74) is 10.6. The molecule has 4 rings (SSSR count). The van der Waals surface area contributed by atoms with E-state index in [0.717, 1.165) is 29.8 Å². The van der Waals surface area contributed by atoms with Crippen LogP contribution in [-0.4, -0.2) is 57.7 Å². The minimum absolute atomic E-state index is 0.0846. The highest BCUT2D eigenvalue weighted by Crippen LogP contribution is 2.28. The Bertz CT molecular complexity index is 1350. The van der Waals surface area contributed by atoms with Gasteiger partial charge in [0.25, 0.3) is 5.91 Å². The van der Waals surface area contributed by atoms with Gasteiger partial charge >= 0.3 is 0 Å². The summed E-state index contributed by atoms with van der Waals surface area (Å²) in [5, 5.41) is 5.24. The highest BCUT2D eigenvalue weighted by atomic mass is 19.1. The molecule has 0 aliphatic rings. The first kappa shape index (κ1) is 25.5. The van der Waals surface area contributed by atoms with Crippen molar-refractivity contribution in [1.29, 1.82) is 0 Å². The Kier molecular flexibility index (Phi) is 7.76. The minimum atomic E-state index is -0.300. The number of nitrogens with two attached hydrogens (primary N) is 1. The van der Waals surface area contributed by atoms with Crippen LogP contribution in [0.25, 0.3) is 22.3 Å². The molecule has 0 atom stereocenters. The van der Waals surface area contributed by atoms with Gasteiger partial charge in [-0.2, -0.15) is 5.10 Å². The molecule has 2 aromatic carbocycles. The smallest absolute Gasteiger partial charge is 0.254 e. The summed E-state index contributed by atoms with van der Waals surface area (Å²) in [7, 11) is 3.79. The summed E-state index contributed by atoms with van der Waals surface area (Å²) >= 11 is 0. The van der Waals surface area contributed by atoms with E-state index < -0.39 is 0 Å². The third-order valence-electron chi connectivity index (χ3n) is 6.15. The van der Waals surface area contributed by atoms with Crippen LogP contribution in [0.15, 0.2) is 60.8 Å². The van der Waals surface area contributed by atoms with E-state index in [1.165, 1.54) is 12.1 Å². The molecule has 4 aromatic rings. The fraction of sp³-hybridized carbons (Fsp3) is 0.321. The number of nitrogens with zero attached hydrogens (tertiary/aromatic N) is 5. The molecular weight excluding hydrogens is 455 g/mol. The fourth-order valence-corrected chi connectivity index (χ4v) is 4.30. The van der Waals surface area contributed by atoms with Crippen LogP contribution < -0.4 is 5.73 Å². The first-order valence-corrected chi connectivity index (χ1v) is 12.1. The molecule has 7 nitrogen and oxygen atoms in total. The Morgan fingerprint density at radius 1 is 1.06 bits per heavy atom. The average molecular weight is 489 g/mol. The highest BCUT2D eigenvalue weighted by Gasteiger charge is 2.21. The average Bonchev–Trinajstić information content (AvgIpc) is 3.29. The third-order valence-corrected chi connectivity index (χ3v) is 6.15. The van der Waals surface area contributed by atoms with Gasteiger partial charge in [0, 0.05) is 44.8 Å². The summed E-state index contributed by atoms with van der Waals surface area (Å²) < 4.78 is 15.2. The zero-order valence-electron chi connectivity index (χ0n) is 21.3. The van der Waals surface area contributed by atoms with E-state index in [2.05, 4.69) is 22.1 Å². The Hall–Kier alpha value is -3.62. The predicted molar refractivity (Wildman–Crippen MR) is 141 cm³/mol. The normalized spacial score (nSPS) is 11.6. The lowest BCUT2D eigenvalue weighted by Gasteiger charge is -2.19. The number of hydrogen-bond donors (Lipinski definition) is 1. The van der Waals surface area contributed by atoms with E-state index in [9.17, 15) is 9.18 Å². The van der Waals surface area contributed by atoms with Gasteiger partial charge in [-0.05, 0) is 56.3 Å². The number of halogens is 1. The Balaban J connectivity index is 1.74. The summed E-state index contributed by atoms with van der Waals surface area (Å²) in [4.78, 5) is 22.4. The van der Waals surface area contributed by atoms with Crippen molar-refractivity contribution in [3.8, 4) is 11.3 Å². The zero-order chi connectivity index (χ0) is 25.8. The van der Waals surface area contributed by atoms with Gasteiger partial charge in [-0.1, -0.05) is 30.3 Å². The van der Waals surface area contributed by atoms with Crippen LogP contribution in [0.1, 0.15) is 41.4 Å². The first-order chi connectivity index (χ1) is 17.3. The molecule has 0 bridgehead atoms. The first-order valence-electron chi connectivity index (χ1n) is 12.1. The van der Waals surface area contributed by atoms with Crippen molar-refractivity contribution in [1.82, 2.24) is 24.6 Å². The van der Waals surface area contributed by atoms with Crippen LogP contribution in [0, 0.1) is 5.82 Å². The van der Waals surface area contributed by atoms with Crippen LogP contribution in [-0.2, 0) is 13.1 Å². The van der Waals surface area contributed by atoms with Crippen molar-refractivity contribution in [2.45, 2.75) is 33.0 Å². The van der Waals surface area contributed by atoms with E-state index in [1.54, 1.807) is 30.3 Å². The summed E-state index contributed by atoms with van der Waals surface area (Å²) in [6.07, 6.45) is 1.71. The Labute approximate surface area is 211 Å². The van der Waals surface area contributed by atoms with E-state index >= 15 is 0 Å². The van der Waals surface area contributed by atoms with Gasteiger partial charge in [0.1, 0.15) is 5.82 Å². The number of likely N-dealkylation sites (N-methyl/N-ethyl adjacent to an activating group) is 1. The number of benzene rings is 2. The lowest BCUT2D eigenvalue weighted by atomic mass is 10.0. The third kappa shape index (κ3) is 5.61. The van der Waals surface area contributed by atoms with Crippen molar-refractivity contribution < 1.29 is 9.18 Å². The van der Waals surface area contributed by atoms with Gasteiger partial charge in [0.2, 0.25) is 0 Å². The maximum Gasteiger partial charge on any atom is 0.254 e. The predicted octanol–water partition coefficient (Wildman–Crippen LogP) is 4.48. The molecule has 1 amide bonds. The molecule has 0 radical (unpaired) electrons. The van der Waals surface area contributed by atoms with Crippen molar-refractivity contribution in [2.24, 2.45) is 5.73 Å². The van der Waals surface area contributed by atoms with Gasteiger partial charge in [0.15, 0.2) is 5.65 Å². The van der Waals surface area contributed by atoms with E-state index in [0.29, 0.717) is 35.4 Å². The topological polar surface area (TPSA) is 80.3 Å². The maximum atomic E-state index is 13.6. The second-order valence-electron chi connectivity index (χ2n) is 9.49. The van der Waals surface area contributed by atoms with Crippen molar-refractivity contribution >= 4 is 16.9 Å². The lowest BCUT2D eigenvalue weighted by molar-refractivity contribution is 0.0787. The zero-order valence-corrected chi connectivity index (χ0v) is 21.3. The molecule has 0 unspecified atom stereocenters. The highest BCUT2D eigenvalue weighted by molar-refractivity contribution is 6.06. The summed E-state index contributed by atoms with van der Waals surface area (Å²) in [6, 6.07) is 16.3. The van der Waals surface area contributed by atoms with Crippen LogP contribution in [0.4, 0.5) is 4.39 Å². The Morgan fingerprint density at radius 3 is 2.50 bits per heavy atom. The molecule has 2 heterocycles. The molecule has 0 aliphatic carbocycles. The number of carbonyl (C=O) groups is 1. The molecule has 8 heteroatoms. The van der Waals surface area contributed by atoms with Gasteiger partial charge in [-0.15, -0.1) is 0 Å². The summed E-state index contributed by atoms with van der Waals surface area (Å²) in [5.74, 6) is -0.444. The number of aromatic nitrogens is 3. The number of fused-ring (bicyclic) bond motifs is 1. The number of rotatable bonds is 9. The molecule has 188 valence electrons. The molecule has 0 spiro atoms. The van der Waals surface area contributed by atoms with E-state index in [1.807, 2.05) is 43.8 Å². The number of pyridine rings is 1. The van der Waals surface area contributed by atoms with Gasteiger partial charge in [-0.3, -0.25) is 4.79 Å². The largest absolute Gasteiger partial charge is 0.337 e. The maximum absolute atomic E-state index is 13.6. The lowest BCUT2D eigenvalue weighted by Crippen LogP contribution is -2.26. The van der Waals surface area contributed by atoms with E-state index in [-0.39, 0.29) is 17.8 Å². The minimum Gasteiger partial charge on any atom is -0.337 e. The van der Waals surface area contributed by atoms with Crippen LogP contribution in [0.3, 0.4) is 0 Å². The van der Waals surface area contributed by atoms with Gasteiger partial charge < -0.3 is 15.5 Å². The van der Waals surface area contributed by atoms with E-state index in [4.69, 9.17) is 10.7 Å². The number of hydrogen-bond acceptors (Lipinski definition) is 5. The standard InChI is InChI=1S/C28H33FN6O/c1-19(2)35-27-25(16-31-35)24(28(36)34(4)18-20-8-10-23(29)11-9-20)15-26(32-27)22-7-5-6-21(14-22)17-33(3)13-12-30/h5-11,14-16,19H,12-13,17-18,30H2,1-4H3. The molecule has 36 heavy (non-hydrogen) atoms. The molecule has 0 aliphatic heterocycles.